The highest BCUT2D eigenvalue weighted by molar-refractivity contribution is 6.57. The highest BCUT2D eigenvalue weighted by Crippen LogP contribution is 2.20. The molecule has 0 amide bonds. The van der Waals surface area contributed by atoms with Crippen LogP contribution in [0.2, 0.25) is 0 Å². The van der Waals surface area contributed by atoms with Crippen molar-refractivity contribution in [2.45, 2.75) is 19.9 Å². The van der Waals surface area contributed by atoms with Gasteiger partial charge < -0.3 is 5.11 Å². The van der Waals surface area contributed by atoms with Gasteiger partial charge in [-0.05, 0) is 19.9 Å². The van der Waals surface area contributed by atoms with Crippen LogP contribution in [0.25, 0.3) is 6.08 Å². The van der Waals surface area contributed by atoms with Gasteiger partial charge in [-0.3, -0.25) is 0 Å². The lowest BCUT2D eigenvalue weighted by molar-refractivity contribution is 0.377. The van der Waals surface area contributed by atoms with Gasteiger partial charge in [0.1, 0.15) is 4.49 Å². The standard InChI is InChI=1S/C8H10Cl2N2O/c1-5(2)12-8(13)4-6(11-12)3-7(9)10/h3-5,13H,1-2H3. The second-order valence-corrected chi connectivity index (χ2v) is 3.91. The van der Waals surface area contributed by atoms with E-state index < -0.39 is 0 Å². The van der Waals surface area contributed by atoms with E-state index in [-0.39, 0.29) is 16.4 Å². The fraction of sp³-hybridized carbons (Fsp3) is 0.375. The molecule has 0 saturated carbocycles. The minimum atomic E-state index is 0.107. The molecule has 3 nitrogen and oxygen atoms in total. The van der Waals surface area contributed by atoms with E-state index in [1.54, 1.807) is 0 Å². The Kier molecular flexibility index (Phi) is 3.22. The van der Waals surface area contributed by atoms with E-state index in [1.165, 1.54) is 16.8 Å². The first-order valence-corrected chi connectivity index (χ1v) is 4.57. The van der Waals surface area contributed by atoms with E-state index in [4.69, 9.17) is 23.2 Å². The summed E-state index contributed by atoms with van der Waals surface area (Å²) >= 11 is 10.9. The molecule has 1 N–H and O–H groups in total. The normalized spacial score (nSPS) is 10.5. The lowest BCUT2D eigenvalue weighted by atomic mass is 10.4. The minimum absolute atomic E-state index is 0.107. The molecule has 0 unspecified atom stereocenters. The third-order valence-electron chi connectivity index (χ3n) is 1.48. The van der Waals surface area contributed by atoms with Crippen LogP contribution in [0.15, 0.2) is 10.6 Å². The monoisotopic (exact) mass is 220 g/mol. The van der Waals surface area contributed by atoms with Crippen molar-refractivity contribution in [2.24, 2.45) is 0 Å². The molecule has 1 aromatic heterocycles. The largest absolute Gasteiger partial charge is 0.493 e. The summed E-state index contributed by atoms with van der Waals surface area (Å²) in [7, 11) is 0. The van der Waals surface area contributed by atoms with Crippen LogP contribution in [0.4, 0.5) is 0 Å². The van der Waals surface area contributed by atoms with Crippen molar-refractivity contribution in [1.82, 2.24) is 9.78 Å². The smallest absolute Gasteiger partial charge is 0.210 e. The van der Waals surface area contributed by atoms with E-state index in [9.17, 15) is 5.11 Å². The van der Waals surface area contributed by atoms with Gasteiger partial charge in [0.15, 0.2) is 0 Å². The van der Waals surface area contributed by atoms with Crippen LogP contribution in [0.5, 0.6) is 5.88 Å². The molecule has 0 bridgehead atoms. The molecule has 0 aromatic carbocycles. The molecule has 0 aliphatic heterocycles. The summed E-state index contributed by atoms with van der Waals surface area (Å²) in [6.45, 7) is 3.84. The van der Waals surface area contributed by atoms with Gasteiger partial charge in [-0.15, -0.1) is 0 Å². The molecule has 0 aliphatic rings. The average Bonchev–Trinajstić information content (AvgIpc) is 2.29. The summed E-state index contributed by atoms with van der Waals surface area (Å²) in [4.78, 5) is 0. The van der Waals surface area contributed by atoms with Crippen LogP contribution in [0.1, 0.15) is 25.6 Å². The molecule has 1 rings (SSSR count). The molecule has 0 aliphatic carbocycles. The molecular weight excluding hydrogens is 211 g/mol. The fourth-order valence-electron chi connectivity index (χ4n) is 0.965. The zero-order valence-electron chi connectivity index (χ0n) is 7.33. The molecule has 0 radical (unpaired) electrons. The van der Waals surface area contributed by atoms with Gasteiger partial charge in [-0.1, -0.05) is 23.2 Å². The number of nitrogens with zero attached hydrogens (tertiary/aromatic N) is 2. The summed E-state index contributed by atoms with van der Waals surface area (Å²) in [5, 5.41) is 13.5. The van der Waals surface area contributed by atoms with Gasteiger partial charge >= 0.3 is 0 Å². The average molecular weight is 221 g/mol. The molecule has 0 fully saturated rings. The first kappa shape index (κ1) is 10.4. The second-order valence-electron chi connectivity index (χ2n) is 2.90. The van der Waals surface area contributed by atoms with Gasteiger partial charge in [0.25, 0.3) is 0 Å². The van der Waals surface area contributed by atoms with E-state index in [2.05, 4.69) is 5.10 Å². The Morgan fingerprint density at radius 2 is 2.23 bits per heavy atom. The summed E-state index contributed by atoms with van der Waals surface area (Å²) in [6.07, 6.45) is 1.47. The lowest BCUT2D eigenvalue weighted by Gasteiger charge is -2.04. The van der Waals surface area contributed by atoms with Crippen molar-refractivity contribution in [2.75, 3.05) is 0 Å². The highest BCUT2D eigenvalue weighted by atomic mass is 35.5. The Morgan fingerprint density at radius 1 is 1.62 bits per heavy atom. The van der Waals surface area contributed by atoms with E-state index in [1.807, 2.05) is 13.8 Å². The Balaban J connectivity index is 3.02. The molecule has 13 heavy (non-hydrogen) atoms. The van der Waals surface area contributed by atoms with Crippen molar-refractivity contribution in [3.63, 3.8) is 0 Å². The quantitative estimate of drug-likeness (QED) is 0.833. The zero-order chi connectivity index (χ0) is 10.0. The van der Waals surface area contributed by atoms with Gasteiger partial charge in [-0.2, -0.15) is 5.10 Å². The maximum absolute atomic E-state index is 9.40. The summed E-state index contributed by atoms with van der Waals surface area (Å²) in [5.41, 5.74) is 0.547. The van der Waals surface area contributed by atoms with Gasteiger partial charge in [0.2, 0.25) is 5.88 Å². The van der Waals surface area contributed by atoms with Crippen molar-refractivity contribution in [3.05, 3.63) is 16.3 Å². The Bertz CT molecular complexity index is 327. The highest BCUT2D eigenvalue weighted by Gasteiger charge is 2.07. The van der Waals surface area contributed by atoms with E-state index >= 15 is 0 Å². The Hall–Kier alpha value is -0.670. The SMILES string of the molecule is CC(C)n1nc(C=C(Cl)Cl)cc1O. The minimum Gasteiger partial charge on any atom is -0.493 e. The van der Waals surface area contributed by atoms with Crippen LogP contribution in [0, 0.1) is 0 Å². The summed E-state index contributed by atoms with van der Waals surface area (Å²) in [6, 6.07) is 1.61. The molecule has 72 valence electrons. The van der Waals surface area contributed by atoms with Crippen LogP contribution >= 0.6 is 23.2 Å². The molecule has 1 aromatic rings. The molecular formula is C8H10Cl2N2O. The first-order valence-electron chi connectivity index (χ1n) is 3.82. The lowest BCUT2D eigenvalue weighted by Crippen LogP contribution is -2.01. The number of aromatic nitrogens is 2. The Morgan fingerprint density at radius 3 is 2.62 bits per heavy atom. The molecule has 0 saturated heterocycles. The van der Waals surface area contributed by atoms with Gasteiger partial charge in [0.05, 0.1) is 11.7 Å². The number of halogens is 2. The molecule has 1 heterocycles. The van der Waals surface area contributed by atoms with Crippen molar-refractivity contribution in [3.8, 4) is 5.88 Å². The van der Waals surface area contributed by atoms with Crippen LogP contribution in [0.3, 0.4) is 0 Å². The maximum Gasteiger partial charge on any atom is 0.210 e. The third kappa shape index (κ3) is 2.64. The van der Waals surface area contributed by atoms with Crippen molar-refractivity contribution >= 4 is 29.3 Å². The molecule has 5 heteroatoms. The van der Waals surface area contributed by atoms with Gasteiger partial charge in [-0.25, -0.2) is 4.68 Å². The van der Waals surface area contributed by atoms with Crippen LogP contribution in [-0.4, -0.2) is 14.9 Å². The predicted molar refractivity (Wildman–Crippen MR) is 54.0 cm³/mol. The first-order chi connectivity index (χ1) is 6.00. The molecule has 0 atom stereocenters. The predicted octanol–water partition coefficient (Wildman–Crippen LogP) is 2.95. The summed E-state index contributed by atoms with van der Waals surface area (Å²) < 4.78 is 1.61. The zero-order valence-corrected chi connectivity index (χ0v) is 8.84. The Labute approximate surface area is 86.6 Å². The second kappa shape index (κ2) is 4.03. The van der Waals surface area contributed by atoms with Crippen molar-refractivity contribution in [1.29, 1.82) is 0 Å². The van der Waals surface area contributed by atoms with Crippen LogP contribution in [-0.2, 0) is 0 Å². The van der Waals surface area contributed by atoms with Gasteiger partial charge in [0, 0.05) is 6.07 Å². The van der Waals surface area contributed by atoms with E-state index in [0.717, 1.165) is 0 Å². The number of hydrogen-bond donors (Lipinski definition) is 1. The number of aromatic hydroxyl groups is 1. The fourth-order valence-corrected chi connectivity index (χ4v) is 1.19. The van der Waals surface area contributed by atoms with Crippen molar-refractivity contribution < 1.29 is 5.11 Å². The third-order valence-corrected chi connectivity index (χ3v) is 1.70. The maximum atomic E-state index is 9.40. The number of rotatable bonds is 2. The topological polar surface area (TPSA) is 38.0 Å². The summed E-state index contributed by atoms with van der Waals surface area (Å²) in [5.74, 6) is 0.107. The number of hydrogen-bond acceptors (Lipinski definition) is 2. The molecule has 0 spiro atoms. The van der Waals surface area contributed by atoms with E-state index in [0.29, 0.717) is 5.69 Å². The van der Waals surface area contributed by atoms with Crippen LogP contribution < -0.4 is 0 Å².